The van der Waals surface area contributed by atoms with Crippen molar-refractivity contribution in [3.05, 3.63) is 87.7 Å². The standard InChI is InChI=1S/C30H31F4NO2S/c1-16(2)24-13-25(27(37-6)14-26(24)31)23-8-7-17(3)9-21(23)15-35-19(5)28(38-29(35)36)20-10-18(4)11-22(12-20)30(32,33)34/h7-14,16,19,28H,15H2,1-6H3. The van der Waals surface area contributed by atoms with Gasteiger partial charge in [0.25, 0.3) is 5.24 Å². The highest BCUT2D eigenvalue weighted by atomic mass is 32.2. The van der Waals surface area contributed by atoms with Crippen molar-refractivity contribution in [3.63, 3.8) is 0 Å². The predicted molar refractivity (Wildman–Crippen MR) is 144 cm³/mol. The largest absolute Gasteiger partial charge is 0.496 e. The van der Waals surface area contributed by atoms with Crippen molar-refractivity contribution in [1.82, 2.24) is 4.90 Å². The molecule has 2 unspecified atom stereocenters. The molecule has 0 N–H and O–H groups in total. The molecule has 1 aliphatic rings. The second-order valence-corrected chi connectivity index (χ2v) is 11.3. The van der Waals surface area contributed by atoms with E-state index in [2.05, 4.69) is 0 Å². The summed E-state index contributed by atoms with van der Waals surface area (Å²) in [5.74, 6) is 0.0135. The number of rotatable bonds is 6. The zero-order chi connectivity index (χ0) is 27.9. The number of hydrogen-bond acceptors (Lipinski definition) is 3. The normalized spacial score (nSPS) is 18.0. The Bertz CT molecular complexity index is 1370. The Balaban J connectivity index is 1.72. The lowest BCUT2D eigenvalue weighted by Crippen LogP contribution is -2.31. The Kier molecular flexibility index (Phi) is 7.84. The Labute approximate surface area is 225 Å². The lowest BCUT2D eigenvalue weighted by Gasteiger charge is -2.26. The van der Waals surface area contributed by atoms with Crippen LogP contribution in [0.1, 0.15) is 65.3 Å². The smallest absolute Gasteiger partial charge is 0.416 e. The van der Waals surface area contributed by atoms with Gasteiger partial charge in [-0.1, -0.05) is 61.0 Å². The lowest BCUT2D eigenvalue weighted by molar-refractivity contribution is -0.137. The van der Waals surface area contributed by atoms with Crippen molar-refractivity contribution >= 4 is 17.0 Å². The number of carbonyl (C=O) groups excluding carboxylic acids is 1. The van der Waals surface area contributed by atoms with Gasteiger partial charge in [0.2, 0.25) is 0 Å². The van der Waals surface area contributed by atoms with Gasteiger partial charge in [0.15, 0.2) is 0 Å². The molecule has 202 valence electrons. The highest BCUT2D eigenvalue weighted by molar-refractivity contribution is 8.14. The maximum atomic E-state index is 14.7. The zero-order valence-corrected chi connectivity index (χ0v) is 23.1. The molecule has 38 heavy (non-hydrogen) atoms. The third-order valence-electron chi connectivity index (χ3n) is 6.98. The first-order valence-corrected chi connectivity index (χ1v) is 13.3. The summed E-state index contributed by atoms with van der Waals surface area (Å²) < 4.78 is 60.6. The van der Waals surface area contributed by atoms with Crippen LogP contribution in [0, 0.1) is 19.7 Å². The molecule has 1 fully saturated rings. The van der Waals surface area contributed by atoms with Gasteiger partial charge < -0.3 is 9.64 Å². The van der Waals surface area contributed by atoms with Gasteiger partial charge in [-0.15, -0.1) is 0 Å². The van der Waals surface area contributed by atoms with Crippen LogP contribution in [0.2, 0.25) is 0 Å². The van der Waals surface area contributed by atoms with Crippen molar-refractivity contribution in [3.8, 4) is 16.9 Å². The molecule has 0 saturated carbocycles. The number of hydrogen-bond donors (Lipinski definition) is 0. The van der Waals surface area contributed by atoms with E-state index in [4.69, 9.17) is 4.74 Å². The number of carbonyl (C=O) groups is 1. The summed E-state index contributed by atoms with van der Waals surface area (Å²) in [6.45, 7) is 9.54. The Morgan fingerprint density at radius 1 is 1.00 bits per heavy atom. The van der Waals surface area contributed by atoms with Crippen LogP contribution >= 0.6 is 11.8 Å². The average molecular weight is 546 g/mol. The van der Waals surface area contributed by atoms with E-state index in [-0.39, 0.29) is 29.6 Å². The number of amides is 1. The highest BCUT2D eigenvalue weighted by Gasteiger charge is 2.40. The van der Waals surface area contributed by atoms with Crippen LogP contribution in [-0.4, -0.2) is 23.3 Å². The van der Waals surface area contributed by atoms with Gasteiger partial charge in [0.05, 0.1) is 17.9 Å². The monoisotopic (exact) mass is 545 g/mol. The summed E-state index contributed by atoms with van der Waals surface area (Å²) in [6, 6.07) is 12.7. The predicted octanol–water partition coefficient (Wildman–Crippen LogP) is 9.06. The molecule has 0 aliphatic carbocycles. The molecular formula is C30H31F4NO2S. The fourth-order valence-corrected chi connectivity index (χ4v) is 6.19. The molecule has 3 nitrogen and oxygen atoms in total. The molecule has 0 radical (unpaired) electrons. The van der Waals surface area contributed by atoms with Gasteiger partial charge in [-0.05, 0) is 67.1 Å². The molecule has 0 bridgehead atoms. The molecule has 8 heteroatoms. The number of nitrogens with zero attached hydrogens (tertiary/aromatic N) is 1. The molecule has 3 aromatic rings. The van der Waals surface area contributed by atoms with E-state index < -0.39 is 17.0 Å². The van der Waals surface area contributed by atoms with E-state index in [0.29, 0.717) is 22.4 Å². The van der Waals surface area contributed by atoms with E-state index in [1.54, 1.807) is 24.0 Å². The minimum absolute atomic E-state index is 0.0400. The fourth-order valence-electron chi connectivity index (χ4n) is 4.99. The lowest BCUT2D eigenvalue weighted by atomic mass is 9.92. The van der Waals surface area contributed by atoms with Gasteiger partial charge >= 0.3 is 6.18 Å². The minimum Gasteiger partial charge on any atom is -0.496 e. The molecule has 1 aliphatic heterocycles. The molecule has 0 aromatic heterocycles. The summed E-state index contributed by atoms with van der Waals surface area (Å²) >= 11 is 1.05. The van der Waals surface area contributed by atoms with E-state index in [1.807, 2.05) is 45.9 Å². The molecule has 1 heterocycles. The molecule has 2 atom stereocenters. The number of thioether (sulfide) groups is 1. The third kappa shape index (κ3) is 5.55. The van der Waals surface area contributed by atoms with Gasteiger partial charge in [-0.25, -0.2) is 4.39 Å². The van der Waals surface area contributed by atoms with Gasteiger partial charge in [0.1, 0.15) is 11.6 Å². The van der Waals surface area contributed by atoms with Crippen molar-refractivity contribution in [1.29, 1.82) is 0 Å². The van der Waals surface area contributed by atoms with E-state index >= 15 is 0 Å². The molecule has 4 rings (SSSR count). The van der Waals surface area contributed by atoms with Gasteiger partial charge in [0, 0.05) is 24.2 Å². The second kappa shape index (κ2) is 10.6. The van der Waals surface area contributed by atoms with E-state index in [0.717, 1.165) is 46.1 Å². The van der Waals surface area contributed by atoms with Crippen molar-refractivity contribution in [2.75, 3.05) is 7.11 Å². The van der Waals surface area contributed by atoms with Crippen molar-refractivity contribution in [2.45, 2.75) is 64.5 Å². The van der Waals surface area contributed by atoms with Crippen LogP contribution in [0.15, 0.2) is 48.5 Å². The molecular weight excluding hydrogens is 514 g/mol. The van der Waals surface area contributed by atoms with Crippen LogP contribution in [-0.2, 0) is 12.7 Å². The number of aryl methyl sites for hydroxylation is 2. The van der Waals surface area contributed by atoms with Crippen LogP contribution in [0.3, 0.4) is 0 Å². The summed E-state index contributed by atoms with van der Waals surface area (Å²) in [5.41, 5.74) is 4.22. The number of benzene rings is 3. The SMILES string of the molecule is COc1cc(F)c(C(C)C)cc1-c1ccc(C)cc1CN1C(=O)SC(c2cc(C)cc(C(F)(F)F)c2)C1C. The summed E-state index contributed by atoms with van der Waals surface area (Å²) in [5, 5.41) is -0.636. The number of alkyl halides is 3. The minimum atomic E-state index is -4.46. The number of methoxy groups -OCH3 is 1. The van der Waals surface area contributed by atoms with E-state index in [9.17, 15) is 22.4 Å². The average Bonchev–Trinajstić information content (AvgIpc) is 3.11. The van der Waals surface area contributed by atoms with Crippen LogP contribution < -0.4 is 4.74 Å². The van der Waals surface area contributed by atoms with Crippen molar-refractivity contribution in [2.24, 2.45) is 0 Å². The first-order chi connectivity index (χ1) is 17.8. The van der Waals surface area contributed by atoms with Gasteiger partial charge in [-0.3, -0.25) is 4.79 Å². The third-order valence-corrected chi connectivity index (χ3v) is 8.34. The number of ether oxygens (including phenoxy) is 1. The van der Waals surface area contributed by atoms with Crippen LogP contribution in [0.25, 0.3) is 11.1 Å². The first-order valence-electron chi connectivity index (χ1n) is 12.4. The zero-order valence-electron chi connectivity index (χ0n) is 22.2. The Morgan fingerprint density at radius 3 is 2.34 bits per heavy atom. The van der Waals surface area contributed by atoms with Gasteiger partial charge in [-0.2, -0.15) is 13.2 Å². The second-order valence-electron chi connectivity index (χ2n) is 10.2. The summed E-state index contributed by atoms with van der Waals surface area (Å²) in [6.07, 6.45) is -4.46. The molecule has 3 aromatic carbocycles. The molecule has 0 spiro atoms. The maximum absolute atomic E-state index is 14.7. The topological polar surface area (TPSA) is 29.5 Å². The van der Waals surface area contributed by atoms with Crippen LogP contribution in [0.5, 0.6) is 5.75 Å². The number of halogens is 4. The Morgan fingerprint density at radius 2 is 1.71 bits per heavy atom. The van der Waals surface area contributed by atoms with Crippen molar-refractivity contribution < 1.29 is 27.1 Å². The maximum Gasteiger partial charge on any atom is 0.416 e. The highest BCUT2D eigenvalue weighted by Crippen LogP contribution is 2.46. The summed E-state index contributed by atoms with van der Waals surface area (Å²) in [4.78, 5) is 14.9. The fraction of sp³-hybridized carbons (Fsp3) is 0.367. The first kappa shape index (κ1) is 28.0. The molecule has 1 amide bonds. The summed E-state index contributed by atoms with van der Waals surface area (Å²) in [7, 11) is 1.49. The van der Waals surface area contributed by atoms with Crippen LogP contribution in [0.4, 0.5) is 22.4 Å². The van der Waals surface area contributed by atoms with E-state index in [1.165, 1.54) is 13.2 Å². The Hall–Kier alpha value is -3.00. The quantitative estimate of drug-likeness (QED) is 0.289. The molecule has 1 saturated heterocycles.